The van der Waals surface area contributed by atoms with Crippen LogP contribution in [0.4, 0.5) is 0 Å². The van der Waals surface area contributed by atoms with Crippen LogP contribution in [0.5, 0.6) is 0 Å². The largest absolute Gasteiger partial charge is 0.461 e. The average Bonchev–Trinajstić information content (AvgIpc) is 3.27. The molecule has 0 unspecified atom stereocenters. The number of nitrogens with zero attached hydrogens (tertiary/aromatic N) is 7. The van der Waals surface area contributed by atoms with Gasteiger partial charge >= 0.3 is 0 Å². The van der Waals surface area contributed by atoms with Gasteiger partial charge in [-0.3, -0.25) is 4.57 Å². The van der Waals surface area contributed by atoms with Crippen molar-refractivity contribution in [2.45, 2.75) is 37.3 Å². The minimum atomic E-state index is 0.602. The molecule has 0 amide bonds. The van der Waals surface area contributed by atoms with Crippen LogP contribution in [0.2, 0.25) is 0 Å². The van der Waals surface area contributed by atoms with Gasteiger partial charge in [-0.25, -0.2) is 4.68 Å². The van der Waals surface area contributed by atoms with Gasteiger partial charge in [0, 0.05) is 13.1 Å². The second-order valence-corrected chi connectivity index (χ2v) is 5.73. The molecule has 0 aliphatic carbocycles. The molecule has 0 fully saturated rings. The maximum absolute atomic E-state index is 5.42. The number of thioether (sulfide) groups is 1. The van der Waals surface area contributed by atoms with Crippen molar-refractivity contribution in [3.8, 4) is 11.6 Å². The molecule has 120 valence electrons. The van der Waals surface area contributed by atoms with Crippen LogP contribution in [-0.4, -0.2) is 35.0 Å². The van der Waals surface area contributed by atoms with Gasteiger partial charge in [0.1, 0.15) is 0 Å². The van der Waals surface area contributed by atoms with Crippen LogP contribution in [0.1, 0.15) is 19.2 Å². The lowest BCUT2D eigenvalue weighted by Crippen LogP contribution is -2.05. The van der Waals surface area contributed by atoms with Crippen molar-refractivity contribution in [3.63, 3.8) is 0 Å². The molecule has 0 aliphatic rings. The number of tetrazole rings is 1. The summed E-state index contributed by atoms with van der Waals surface area (Å²) in [7, 11) is 0. The first-order chi connectivity index (χ1) is 11.3. The molecule has 0 spiro atoms. The summed E-state index contributed by atoms with van der Waals surface area (Å²) >= 11 is 1.54. The first kappa shape index (κ1) is 15.5. The third kappa shape index (κ3) is 3.34. The zero-order chi connectivity index (χ0) is 16.1. The van der Waals surface area contributed by atoms with Crippen LogP contribution in [0.15, 0.2) is 40.6 Å². The summed E-state index contributed by atoms with van der Waals surface area (Å²) in [4.78, 5) is 0. The molecule has 0 bridgehead atoms. The highest BCUT2D eigenvalue weighted by Gasteiger charge is 2.16. The molecule has 9 heteroatoms. The molecule has 0 atom stereocenters. The molecular weight excluding hydrogens is 314 g/mol. The molecule has 23 heavy (non-hydrogen) atoms. The van der Waals surface area contributed by atoms with Crippen molar-refractivity contribution in [1.29, 1.82) is 0 Å². The molecule has 0 radical (unpaired) electrons. The van der Waals surface area contributed by atoms with E-state index < -0.39 is 0 Å². The second-order valence-electron chi connectivity index (χ2n) is 4.79. The van der Waals surface area contributed by atoms with Gasteiger partial charge in [-0.1, -0.05) is 24.8 Å². The van der Waals surface area contributed by atoms with Crippen molar-refractivity contribution in [1.82, 2.24) is 35.0 Å². The molecule has 3 aromatic heterocycles. The highest BCUT2D eigenvalue weighted by atomic mass is 32.2. The average molecular weight is 331 g/mol. The second kappa shape index (κ2) is 7.23. The van der Waals surface area contributed by atoms with Crippen LogP contribution < -0.4 is 0 Å². The normalized spacial score (nSPS) is 11.0. The Morgan fingerprint density at radius 2 is 2.26 bits per heavy atom. The molecule has 0 N–H and O–H groups in total. The van der Waals surface area contributed by atoms with Gasteiger partial charge in [-0.2, -0.15) is 0 Å². The van der Waals surface area contributed by atoms with Gasteiger partial charge in [0.25, 0.3) is 0 Å². The molecule has 3 rings (SSSR count). The fourth-order valence-electron chi connectivity index (χ4n) is 2.12. The van der Waals surface area contributed by atoms with Gasteiger partial charge < -0.3 is 4.42 Å². The lowest BCUT2D eigenvalue weighted by molar-refractivity contribution is 0.564. The third-order valence-electron chi connectivity index (χ3n) is 3.14. The molecule has 0 saturated carbocycles. The summed E-state index contributed by atoms with van der Waals surface area (Å²) in [6.07, 6.45) is 4.41. The maximum Gasteiger partial charge on any atom is 0.200 e. The Bertz CT molecular complexity index is 762. The Morgan fingerprint density at radius 1 is 1.35 bits per heavy atom. The third-order valence-corrected chi connectivity index (χ3v) is 4.10. The van der Waals surface area contributed by atoms with Gasteiger partial charge in [-0.05, 0) is 29.0 Å². The smallest absolute Gasteiger partial charge is 0.200 e. The number of hydrogen-bond donors (Lipinski definition) is 0. The summed E-state index contributed by atoms with van der Waals surface area (Å²) in [5.74, 6) is 2.82. The van der Waals surface area contributed by atoms with E-state index in [0.29, 0.717) is 23.9 Å². The first-order valence-corrected chi connectivity index (χ1v) is 8.27. The predicted molar refractivity (Wildman–Crippen MR) is 85.6 cm³/mol. The predicted octanol–water partition coefficient (Wildman–Crippen LogP) is 2.41. The molecule has 8 nitrogen and oxygen atoms in total. The summed E-state index contributed by atoms with van der Waals surface area (Å²) in [6, 6.07) is 3.69. The van der Waals surface area contributed by atoms with Gasteiger partial charge in [-0.15, -0.1) is 21.9 Å². The fourth-order valence-corrected chi connectivity index (χ4v) is 3.00. The molecule has 0 aliphatic heterocycles. The van der Waals surface area contributed by atoms with E-state index in [2.05, 4.69) is 39.2 Å². The van der Waals surface area contributed by atoms with E-state index in [4.69, 9.17) is 4.42 Å². The number of rotatable bonds is 8. The quantitative estimate of drug-likeness (QED) is 0.462. The van der Waals surface area contributed by atoms with E-state index >= 15 is 0 Å². The number of allylic oxidation sites excluding steroid dienone is 1. The Hall–Kier alpha value is -2.42. The van der Waals surface area contributed by atoms with Crippen LogP contribution >= 0.6 is 11.8 Å². The minimum Gasteiger partial charge on any atom is -0.461 e. The number of hydrogen-bond acceptors (Lipinski definition) is 7. The van der Waals surface area contributed by atoms with Crippen molar-refractivity contribution in [2.24, 2.45) is 0 Å². The lowest BCUT2D eigenvalue weighted by Gasteiger charge is -2.06. The van der Waals surface area contributed by atoms with E-state index in [0.717, 1.165) is 23.9 Å². The number of aromatic nitrogens is 7. The molecule has 0 saturated heterocycles. The monoisotopic (exact) mass is 331 g/mol. The van der Waals surface area contributed by atoms with Gasteiger partial charge in [0.05, 0.1) is 12.0 Å². The lowest BCUT2D eigenvalue weighted by atomic mass is 10.4. The number of aryl methyl sites for hydroxylation is 1. The first-order valence-electron chi connectivity index (χ1n) is 7.29. The van der Waals surface area contributed by atoms with Crippen molar-refractivity contribution in [2.75, 3.05) is 0 Å². The van der Waals surface area contributed by atoms with Crippen molar-refractivity contribution >= 4 is 11.8 Å². The maximum atomic E-state index is 5.42. The zero-order valence-corrected chi connectivity index (χ0v) is 13.6. The van der Waals surface area contributed by atoms with Crippen molar-refractivity contribution < 1.29 is 4.42 Å². The summed E-state index contributed by atoms with van der Waals surface area (Å²) < 4.78 is 9.19. The standard InChI is InChI=1S/C14H17N7OS/c1-3-7-20-13(11-6-5-9-22-11)16-17-14(20)23-10-12-15-18-19-21(12)8-4-2/h3,5-6,9H,1,4,7-8,10H2,2H3. The topological polar surface area (TPSA) is 87.5 Å². The summed E-state index contributed by atoms with van der Waals surface area (Å²) in [6.45, 7) is 7.29. The highest BCUT2D eigenvalue weighted by molar-refractivity contribution is 7.98. The number of furan rings is 1. The van der Waals surface area contributed by atoms with E-state index in [1.807, 2.05) is 21.4 Å². The van der Waals surface area contributed by atoms with Gasteiger partial charge in [0.15, 0.2) is 16.7 Å². The van der Waals surface area contributed by atoms with Crippen LogP contribution in [-0.2, 0) is 18.8 Å². The molecule has 3 aromatic rings. The minimum absolute atomic E-state index is 0.602. The van der Waals surface area contributed by atoms with E-state index in [9.17, 15) is 0 Å². The van der Waals surface area contributed by atoms with Crippen LogP contribution in [0.3, 0.4) is 0 Å². The van der Waals surface area contributed by atoms with Crippen molar-refractivity contribution in [3.05, 3.63) is 36.9 Å². The fraction of sp³-hybridized carbons (Fsp3) is 0.357. The van der Waals surface area contributed by atoms with Crippen LogP contribution in [0.25, 0.3) is 11.6 Å². The van der Waals surface area contributed by atoms with Crippen LogP contribution in [0, 0.1) is 0 Å². The zero-order valence-electron chi connectivity index (χ0n) is 12.8. The summed E-state index contributed by atoms with van der Waals surface area (Å²) in [5.41, 5.74) is 0. The Kier molecular flexibility index (Phi) is 4.86. The Morgan fingerprint density at radius 3 is 3.00 bits per heavy atom. The Balaban J connectivity index is 1.80. The molecule has 0 aromatic carbocycles. The summed E-state index contributed by atoms with van der Waals surface area (Å²) in [5, 5.41) is 21.1. The van der Waals surface area contributed by atoms with Gasteiger partial charge in [0.2, 0.25) is 5.82 Å². The Labute approximate surface area is 137 Å². The van der Waals surface area contributed by atoms with E-state index in [1.165, 1.54) is 11.8 Å². The van der Waals surface area contributed by atoms with E-state index in [1.54, 1.807) is 12.3 Å². The van der Waals surface area contributed by atoms with E-state index in [-0.39, 0.29) is 0 Å². The molecule has 3 heterocycles. The SMILES string of the molecule is C=CCn1c(SCc2nnnn2CCC)nnc1-c1ccco1. The highest BCUT2D eigenvalue weighted by Crippen LogP contribution is 2.26. The molecular formula is C14H17N7OS.